The number of hydrogen-bond donors (Lipinski definition) is 1. The predicted octanol–water partition coefficient (Wildman–Crippen LogP) is 1.40. The van der Waals surface area contributed by atoms with Crippen LogP contribution in [0.15, 0.2) is 47.6 Å². The Balaban J connectivity index is 2.54. The van der Waals surface area contributed by atoms with Gasteiger partial charge < -0.3 is 5.73 Å². The molecule has 0 radical (unpaired) electrons. The van der Waals surface area contributed by atoms with Gasteiger partial charge in [-0.25, -0.2) is 8.42 Å². The molecule has 1 aromatic heterocycles. The van der Waals surface area contributed by atoms with Gasteiger partial charge in [0.15, 0.2) is 0 Å². The monoisotopic (exact) mass is 308 g/mol. The van der Waals surface area contributed by atoms with Crippen LogP contribution in [-0.2, 0) is 10.0 Å². The molecule has 0 atom stereocenters. The summed E-state index contributed by atoms with van der Waals surface area (Å²) in [5.74, 6) is 0. The standard InChI is InChI=1S/C12H12N4O4S/c1-15(9-4-6-14-7-5-9)21(19,20)12-8-10(16(17)18)2-3-11(12)13/h2-8H,13H2,1H3. The first-order chi connectivity index (χ1) is 9.84. The Morgan fingerprint density at radius 1 is 1.24 bits per heavy atom. The number of sulfonamides is 1. The van der Waals surface area contributed by atoms with Gasteiger partial charge in [0.2, 0.25) is 0 Å². The van der Waals surface area contributed by atoms with Crippen LogP contribution in [-0.4, -0.2) is 25.4 Å². The van der Waals surface area contributed by atoms with Gasteiger partial charge in [0.05, 0.1) is 16.3 Å². The Morgan fingerprint density at radius 2 is 1.86 bits per heavy atom. The number of benzene rings is 1. The van der Waals surface area contributed by atoms with E-state index in [9.17, 15) is 18.5 Å². The van der Waals surface area contributed by atoms with Gasteiger partial charge in [-0.15, -0.1) is 0 Å². The summed E-state index contributed by atoms with van der Waals surface area (Å²) in [7, 11) is -2.67. The van der Waals surface area contributed by atoms with Crippen LogP contribution in [0.3, 0.4) is 0 Å². The van der Waals surface area contributed by atoms with Gasteiger partial charge in [-0.2, -0.15) is 0 Å². The summed E-state index contributed by atoms with van der Waals surface area (Å²) in [5, 5.41) is 10.8. The van der Waals surface area contributed by atoms with E-state index in [1.54, 1.807) is 0 Å². The van der Waals surface area contributed by atoms with Gasteiger partial charge >= 0.3 is 0 Å². The number of pyridine rings is 1. The van der Waals surface area contributed by atoms with Crippen molar-refractivity contribution in [1.29, 1.82) is 0 Å². The molecule has 2 rings (SSSR count). The molecule has 0 aliphatic rings. The molecule has 0 saturated carbocycles. The molecule has 0 aliphatic carbocycles. The fourth-order valence-electron chi connectivity index (χ4n) is 1.70. The molecule has 9 heteroatoms. The smallest absolute Gasteiger partial charge is 0.270 e. The highest BCUT2D eigenvalue weighted by Gasteiger charge is 2.26. The van der Waals surface area contributed by atoms with Crippen LogP contribution in [0.25, 0.3) is 0 Å². The summed E-state index contributed by atoms with van der Waals surface area (Å²) in [5.41, 5.74) is 5.63. The number of rotatable bonds is 4. The molecule has 0 unspecified atom stereocenters. The fourth-order valence-corrected chi connectivity index (χ4v) is 3.03. The third-order valence-corrected chi connectivity index (χ3v) is 4.71. The molecule has 8 nitrogen and oxygen atoms in total. The lowest BCUT2D eigenvalue weighted by Gasteiger charge is -2.20. The maximum absolute atomic E-state index is 12.5. The zero-order valence-electron chi connectivity index (χ0n) is 11.0. The third-order valence-electron chi connectivity index (χ3n) is 2.87. The lowest BCUT2D eigenvalue weighted by atomic mass is 10.3. The summed E-state index contributed by atoms with van der Waals surface area (Å²) in [4.78, 5) is 13.6. The number of aromatic nitrogens is 1. The topological polar surface area (TPSA) is 119 Å². The van der Waals surface area contributed by atoms with Gasteiger partial charge in [0.25, 0.3) is 15.7 Å². The fraction of sp³-hybridized carbons (Fsp3) is 0.0833. The number of nitrogens with two attached hydrogens (primary N) is 1. The van der Waals surface area contributed by atoms with Crippen molar-refractivity contribution in [2.24, 2.45) is 0 Å². The van der Waals surface area contributed by atoms with Crippen LogP contribution in [0, 0.1) is 10.1 Å². The van der Waals surface area contributed by atoms with Crippen molar-refractivity contribution in [2.45, 2.75) is 4.90 Å². The molecule has 21 heavy (non-hydrogen) atoms. The number of hydrogen-bond acceptors (Lipinski definition) is 6. The van der Waals surface area contributed by atoms with Crippen molar-refractivity contribution in [2.75, 3.05) is 17.1 Å². The van der Waals surface area contributed by atoms with Crippen molar-refractivity contribution in [3.05, 3.63) is 52.8 Å². The minimum absolute atomic E-state index is 0.0542. The molecule has 1 aromatic carbocycles. The number of nitro benzene ring substituents is 1. The molecule has 0 saturated heterocycles. The Labute approximate surface area is 121 Å². The van der Waals surface area contributed by atoms with E-state index in [2.05, 4.69) is 4.98 Å². The Hall–Kier alpha value is -2.68. The van der Waals surface area contributed by atoms with E-state index >= 15 is 0 Å². The molecular formula is C12H12N4O4S. The lowest BCUT2D eigenvalue weighted by Crippen LogP contribution is -2.27. The van der Waals surface area contributed by atoms with Gasteiger partial charge in [-0.3, -0.25) is 19.4 Å². The van der Waals surface area contributed by atoms with E-state index in [4.69, 9.17) is 5.73 Å². The molecule has 2 aromatic rings. The van der Waals surface area contributed by atoms with Gasteiger partial charge in [0, 0.05) is 31.6 Å². The van der Waals surface area contributed by atoms with E-state index in [1.165, 1.54) is 37.6 Å². The number of nitro groups is 1. The van der Waals surface area contributed by atoms with Crippen LogP contribution < -0.4 is 10.0 Å². The van der Waals surface area contributed by atoms with E-state index in [0.29, 0.717) is 5.69 Å². The van der Waals surface area contributed by atoms with Crippen LogP contribution in [0.1, 0.15) is 0 Å². The second-order valence-corrected chi connectivity index (χ2v) is 6.09. The molecule has 0 spiro atoms. The van der Waals surface area contributed by atoms with E-state index in [0.717, 1.165) is 16.4 Å². The molecule has 0 bridgehead atoms. The number of non-ortho nitro benzene ring substituents is 1. The molecule has 0 fully saturated rings. The predicted molar refractivity (Wildman–Crippen MR) is 77.3 cm³/mol. The normalized spacial score (nSPS) is 11.1. The largest absolute Gasteiger partial charge is 0.398 e. The summed E-state index contributed by atoms with van der Waals surface area (Å²) >= 11 is 0. The zero-order chi connectivity index (χ0) is 15.6. The Bertz CT molecular complexity index is 777. The second kappa shape index (κ2) is 5.37. The zero-order valence-corrected chi connectivity index (χ0v) is 11.8. The van der Waals surface area contributed by atoms with E-state index in [1.807, 2.05) is 0 Å². The molecule has 2 N–H and O–H groups in total. The van der Waals surface area contributed by atoms with Crippen molar-refractivity contribution in [3.8, 4) is 0 Å². The van der Waals surface area contributed by atoms with Crippen LogP contribution >= 0.6 is 0 Å². The van der Waals surface area contributed by atoms with Crippen molar-refractivity contribution < 1.29 is 13.3 Å². The number of nitrogen functional groups attached to an aromatic ring is 1. The van der Waals surface area contributed by atoms with Crippen molar-refractivity contribution in [3.63, 3.8) is 0 Å². The summed E-state index contributed by atoms with van der Waals surface area (Å²) < 4.78 is 26.1. The van der Waals surface area contributed by atoms with E-state index in [-0.39, 0.29) is 16.3 Å². The van der Waals surface area contributed by atoms with Crippen LogP contribution in [0.2, 0.25) is 0 Å². The van der Waals surface area contributed by atoms with Crippen molar-refractivity contribution in [1.82, 2.24) is 4.98 Å². The van der Waals surface area contributed by atoms with Crippen LogP contribution in [0.5, 0.6) is 0 Å². The maximum Gasteiger partial charge on any atom is 0.270 e. The summed E-state index contributed by atoms with van der Waals surface area (Å²) in [6.45, 7) is 0. The molecular weight excluding hydrogens is 296 g/mol. The highest BCUT2D eigenvalue weighted by atomic mass is 32.2. The van der Waals surface area contributed by atoms with Gasteiger partial charge in [0.1, 0.15) is 4.90 Å². The summed E-state index contributed by atoms with van der Waals surface area (Å²) in [6.07, 6.45) is 2.89. The average molecular weight is 308 g/mol. The number of anilines is 2. The molecule has 110 valence electrons. The van der Waals surface area contributed by atoms with Gasteiger partial charge in [-0.1, -0.05) is 0 Å². The first kappa shape index (κ1) is 14.7. The Kier molecular flexibility index (Phi) is 3.76. The first-order valence-electron chi connectivity index (χ1n) is 5.77. The third kappa shape index (κ3) is 2.77. The molecule has 0 aliphatic heterocycles. The second-order valence-electron chi connectivity index (χ2n) is 4.16. The molecule has 0 amide bonds. The first-order valence-corrected chi connectivity index (χ1v) is 7.21. The average Bonchev–Trinajstić information content (AvgIpc) is 2.47. The number of nitrogens with zero attached hydrogens (tertiary/aromatic N) is 3. The van der Waals surface area contributed by atoms with Crippen LogP contribution in [0.4, 0.5) is 17.1 Å². The SMILES string of the molecule is CN(c1ccncc1)S(=O)(=O)c1cc([N+](=O)[O-])ccc1N. The lowest BCUT2D eigenvalue weighted by molar-refractivity contribution is -0.385. The van der Waals surface area contributed by atoms with Gasteiger partial charge in [-0.05, 0) is 18.2 Å². The van der Waals surface area contributed by atoms with Crippen molar-refractivity contribution >= 4 is 27.1 Å². The summed E-state index contributed by atoms with van der Waals surface area (Å²) in [6, 6.07) is 6.31. The quantitative estimate of drug-likeness (QED) is 0.518. The Morgan fingerprint density at radius 3 is 2.43 bits per heavy atom. The van der Waals surface area contributed by atoms with E-state index < -0.39 is 14.9 Å². The molecule has 1 heterocycles. The minimum Gasteiger partial charge on any atom is -0.398 e. The highest BCUT2D eigenvalue weighted by molar-refractivity contribution is 7.93. The maximum atomic E-state index is 12.5. The minimum atomic E-state index is -4.00. The highest BCUT2D eigenvalue weighted by Crippen LogP contribution is 2.28.